The Morgan fingerprint density at radius 2 is 1.97 bits per heavy atom. The molecule has 3 aromatic rings. The number of carbonyl (C=O) groups is 1. The van der Waals surface area contributed by atoms with Crippen LogP contribution in [0.4, 0.5) is 22.0 Å². The van der Waals surface area contributed by atoms with Gasteiger partial charge in [0.25, 0.3) is 0 Å². The summed E-state index contributed by atoms with van der Waals surface area (Å²) < 4.78 is 16.8. The Kier molecular flexibility index (Phi) is 6.43. The summed E-state index contributed by atoms with van der Waals surface area (Å²) in [6.45, 7) is 1.90. The summed E-state index contributed by atoms with van der Waals surface area (Å²) in [5, 5.41) is 15.7. The number of anilines is 3. The Hall–Kier alpha value is -3.45. The lowest BCUT2D eigenvalue weighted by molar-refractivity contribution is -0.128. The lowest BCUT2D eigenvalue weighted by Crippen LogP contribution is -2.38. The van der Waals surface area contributed by atoms with Crippen molar-refractivity contribution in [3.63, 3.8) is 0 Å². The summed E-state index contributed by atoms with van der Waals surface area (Å²) in [5.41, 5.74) is 6.43. The molecule has 0 unspecified atom stereocenters. The third-order valence-corrected chi connectivity index (χ3v) is 7.85. The quantitative estimate of drug-likeness (QED) is 0.415. The molecule has 0 bridgehead atoms. The fraction of sp³-hybridized carbons (Fsp3) is 0.480. The number of halogens is 2. The molecule has 36 heavy (non-hydrogen) atoms. The number of imidazole rings is 1. The highest BCUT2D eigenvalue weighted by molar-refractivity contribution is 6.33. The Morgan fingerprint density at radius 3 is 2.61 bits per heavy atom. The van der Waals surface area contributed by atoms with Gasteiger partial charge in [0.15, 0.2) is 5.65 Å². The van der Waals surface area contributed by atoms with Crippen LogP contribution in [0.2, 0.25) is 5.02 Å². The standard InChI is InChI=1S/C25H28ClFN8O/c1-25(22(29)36)8-6-16(7-9-25)35-21-19(13-30-23(34-21)31-15-4-2-3-5-15)32-24(35)33-20-17(26)10-14(12-28)11-18(20)27/h10-11,13,15-16H,2-9H2,1H3,(H2,29,36)(H,32,33)(H,30,31,34). The lowest BCUT2D eigenvalue weighted by atomic mass is 9.73. The number of primary amides is 1. The third kappa shape index (κ3) is 4.55. The van der Waals surface area contributed by atoms with Gasteiger partial charge in [-0.25, -0.2) is 14.4 Å². The molecule has 188 valence electrons. The van der Waals surface area contributed by atoms with Crippen molar-refractivity contribution in [2.45, 2.75) is 70.4 Å². The first-order chi connectivity index (χ1) is 17.3. The van der Waals surface area contributed by atoms with Crippen LogP contribution in [0.15, 0.2) is 18.3 Å². The topological polar surface area (TPSA) is 135 Å². The van der Waals surface area contributed by atoms with E-state index < -0.39 is 11.2 Å². The molecule has 2 aliphatic rings. The largest absolute Gasteiger partial charge is 0.369 e. The molecule has 1 amide bonds. The Balaban J connectivity index is 1.55. The molecule has 2 fully saturated rings. The molecule has 11 heteroatoms. The van der Waals surface area contributed by atoms with Gasteiger partial charge >= 0.3 is 0 Å². The van der Waals surface area contributed by atoms with Gasteiger partial charge in [0.2, 0.25) is 17.8 Å². The van der Waals surface area contributed by atoms with Gasteiger partial charge in [0, 0.05) is 17.5 Å². The van der Waals surface area contributed by atoms with Crippen molar-refractivity contribution in [2.75, 3.05) is 10.6 Å². The lowest BCUT2D eigenvalue weighted by Gasteiger charge is -2.35. The minimum absolute atomic E-state index is 0.0299. The van der Waals surface area contributed by atoms with Crippen LogP contribution in [0.1, 0.15) is 69.9 Å². The smallest absolute Gasteiger partial charge is 0.224 e. The van der Waals surface area contributed by atoms with Gasteiger partial charge < -0.3 is 16.4 Å². The number of nitrogens with one attached hydrogen (secondary N) is 2. The molecule has 4 N–H and O–H groups in total. The molecule has 2 aromatic heterocycles. The van der Waals surface area contributed by atoms with Gasteiger partial charge in [-0.3, -0.25) is 9.36 Å². The van der Waals surface area contributed by atoms with Gasteiger partial charge in [-0.05, 0) is 50.7 Å². The zero-order chi connectivity index (χ0) is 25.4. The highest BCUT2D eigenvalue weighted by Gasteiger charge is 2.38. The number of rotatable bonds is 6. The van der Waals surface area contributed by atoms with Gasteiger partial charge in [-0.15, -0.1) is 0 Å². The van der Waals surface area contributed by atoms with E-state index in [0.29, 0.717) is 54.8 Å². The van der Waals surface area contributed by atoms with Crippen molar-refractivity contribution < 1.29 is 9.18 Å². The van der Waals surface area contributed by atoms with E-state index in [-0.39, 0.29) is 28.2 Å². The van der Waals surface area contributed by atoms with E-state index in [1.807, 2.05) is 17.6 Å². The van der Waals surface area contributed by atoms with E-state index in [0.717, 1.165) is 18.9 Å². The number of aromatic nitrogens is 4. The van der Waals surface area contributed by atoms with E-state index in [9.17, 15) is 9.18 Å². The van der Waals surface area contributed by atoms with Crippen LogP contribution in [0, 0.1) is 22.6 Å². The summed E-state index contributed by atoms with van der Waals surface area (Å²) in [5.74, 6) is -0.0538. The van der Waals surface area contributed by atoms with Crippen molar-refractivity contribution in [3.05, 3.63) is 34.7 Å². The summed E-state index contributed by atoms with van der Waals surface area (Å²) >= 11 is 6.31. The fourth-order valence-electron chi connectivity index (χ4n) is 5.26. The second kappa shape index (κ2) is 9.54. The zero-order valence-electron chi connectivity index (χ0n) is 20.0. The van der Waals surface area contributed by atoms with Crippen molar-refractivity contribution in [2.24, 2.45) is 11.1 Å². The molecule has 1 aromatic carbocycles. The molecular formula is C25H28ClFN8O. The average Bonchev–Trinajstić information content (AvgIpc) is 3.49. The average molecular weight is 511 g/mol. The fourth-order valence-corrected chi connectivity index (χ4v) is 5.52. The second-order valence-electron chi connectivity index (χ2n) is 10.0. The van der Waals surface area contributed by atoms with Crippen LogP contribution < -0.4 is 16.4 Å². The molecule has 0 spiro atoms. The normalized spacial score (nSPS) is 22.4. The molecule has 2 aliphatic carbocycles. The molecule has 0 atom stereocenters. The van der Waals surface area contributed by atoms with Gasteiger partial charge in [-0.1, -0.05) is 31.4 Å². The molecule has 9 nitrogen and oxygen atoms in total. The van der Waals surface area contributed by atoms with E-state index in [4.69, 9.17) is 27.6 Å². The molecule has 0 aliphatic heterocycles. The van der Waals surface area contributed by atoms with Gasteiger partial charge in [-0.2, -0.15) is 10.2 Å². The van der Waals surface area contributed by atoms with Crippen LogP contribution in [-0.4, -0.2) is 31.5 Å². The maximum absolute atomic E-state index is 14.9. The van der Waals surface area contributed by atoms with Crippen LogP contribution in [-0.2, 0) is 4.79 Å². The van der Waals surface area contributed by atoms with Crippen LogP contribution in [0.3, 0.4) is 0 Å². The van der Waals surface area contributed by atoms with Crippen molar-refractivity contribution in [1.29, 1.82) is 5.26 Å². The van der Waals surface area contributed by atoms with Gasteiger partial charge in [0.05, 0.1) is 28.5 Å². The number of nitrogens with two attached hydrogens (primary N) is 1. The van der Waals surface area contributed by atoms with Crippen LogP contribution in [0.5, 0.6) is 0 Å². The molecule has 0 saturated heterocycles. The van der Waals surface area contributed by atoms with E-state index in [1.54, 1.807) is 6.20 Å². The molecule has 2 saturated carbocycles. The summed E-state index contributed by atoms with van der Waals surface area (Å²) in [7, 11) is 0. The first-order valence-electron chi connectivity index (χ1n) is 12.2. The number of nitriles is 1. The van der Waals surface area contributed by atoms with E-state index >= 15 is 0 Å². The van der Waals surface area contributed by atoms with E-state index in [1.165, 1.54) is 18.9 Å². The highest BCUT2D eigenvalue weighted by atomic mass is 35.5. The Labute approximate surface area is 213 Å². The van der Waals surface area contributed by atoms with Crippen molar-refractivity contribution in [3.8, 4) is 6.07 Å². The van der Waals surface area contributed by atoms with E-state index in [2.05, 4.69) is 20.6 Å². The molecule has 2 heterocycles. The molecule has 5 rings (SSSR count). The summed E-state index contributed by atoms with van der Waals surface area (Å²) in [4.78, 5) is 25.9. The first-order valence-corrected chi connectivity index (χ1v) is 12.6. The zero-order valence-corrected chi connectivity index (χ0v) is 20.8. The highest BCUT2D eigenvalue weighted by Crippen LogP contribution is 2.43. The van der Waals surface area contributed by atoms with Crippen LogP contribution >= 0.6 is 11.6 Å². The van der Waals surface area contributed by atoms with Crippen LogP contribution in [0.25, 0.3) is 11.2 Å². The van der Waals surface area contributed by atoms with Crippen molar-refractivity contribution >= 4 is 46.3 Å². The van der Waals surface area contributed by atoms with Crippen molar-refractivity contribution in [1.82, 2.24) is 19.5 Å². The third-order valence-electron chi connectivity index (χ3n) is 7.55. The minimum atomic E-state index is -0.655. The second-order valence-corrected chi connectivity index (χ2v) is 10.4. The maximum Gasteiger partial charge on any atom is 0.224 e. The maximum atomic E-state index is 14.9. The SMILES string of the molecule is CC1(C(N)=O)CCC(n2c(Nc3c(F)cc(C#N)cc3Cl)nc3cnc(NC4CCCC4)nc32)CC1. The monoisotopic (exact) mass is 510 g/mol. The first kappa shape index (κ1) is 24.3. The Bertz CT molecular complexity index is 1330. The minimum Gasteiger partial charge on any atom is -0.369 e. The Morgan fingerprint density at radius 1 is 1.25 bits per heavy atom. The summed E-state index contributed by atoms with van der Waals surface area (Å²) in [6.07, 6.45) is 8.79. The number of nitrogens with zero attached hydrogens (tertiary/aromatic N) is 5. The molecular weight excluding hydrogens is 483 g/mol. The van der Waals surface area contributed by atoms with Gasteiger partial charge in [0.1, 0.15) is 11.3 Å². The predicted molar refractivity (Wildman–Crippen MR) is 135 cm³/mol. The number of carbonyl (C=O) groups excluding carboxylic acids is 1. The number of fused-ring (bicyclic) bond motifs is 1. The predicted octanol–water partition coefficient (Wildman–Crippen LogP) is 5.20. The number of hydrogen-bond donors (Lipinski definition) is 3. The molecule has 0 radical (unpaired) electrons. The number of hydrogen-bond acceptors (Lipinski definition) is 7. The number of amides is 1. The number of benzene rings is 1. The summed E-state index contributed by atoms with van der Waals surface area (Å²) in [6, 6.07) is 4.73.